The molecule has 0 aliphatic carbocycles. The van der Waals surface area contributed by atoms with Gasteiger partial charge < -0.3 is 0 Å². The third kappa shape index (κ3) is 6.42. The van der Waals surface area contributed by atoms with Crippen LogP contribution in [0.1, 0.15) is 30.9 Å². The molecule has 1 atom stereocenters. The summed E-state index contributed by atoms with van der Waals surface area (Å²) >= 11 is 3.33. The zero-order chi connectivity index (χ0) is 18.3. The minimum atomic E-state index is -3.53. The summed E-state index contributed by atoms with van der Waals surface area (Å²) in [6.07, 6.45) is 2.24. The lowest BCUT2D eigenvalue weighted by Crippen LogP contribution is -2.35. The molecular formula is C20H24BrNO2S. The van der Waals surface area contributed by atoms with E-state index in [-0.39, 0.29) is 6.04 Å². The largest absolute Gasteiger partial charge is 0.240 e. The number of hydrogen-bond donors (Lipinski definition) is 1. The average molecular weight is 422 g/mol. The molecule has 0 radical (unpaired) electrons. The van der Waals surface area contributed by atoms with Crippen molar-refractivity contribution in [2.75, 3.05) is 0 Å². The Kier molecular flexibility index (Phi) is 7.41. The van der Waals surface area contributed by atoms with Gasteiger partial charge in [0.25, 0.3) is 0 Å². The van der Waals surface area contributed by atoms with Gasteiger partial charge in [-0.1, -0.05) is 69.5 Å². The first-order valence-corrected chi connectivity index (χ1v) is 10.7. The van der Waals surface area contributed by atoms with Crippen LogP contribution in [0.5, 0.6) is 0 Å². The van der Waals surface area contributed by atoms with E-state index in [1.165, 1.54) is 5.56 Å². The molecule has 0 aromatic heterocycles. The van der Waals surface area contributed by atoms with E-state index >= 15 is 0 Å². The summed E-state index contributed by atoms with van der Waals surface area (Å²) in [5.41, 5.74) is 3.35. The molecule has 2 aromatic carbocycles. The minimum absolute atomic E-state index is 0.152. The van der Waals surface area contributed by atoms with Gasteiger partial charge in [-0.3, -0.25) is 0 Å². The Labute approximate surface area is 159 Å². The SMILES string of the molecule is C/C(=C/Br)CC(CCc1ccccc1)NS(=O)(=O)c1ccc(C)cc1. The highest BCUT2D eigenvalue weighted by Gasteiger charge is 2.20. The quantitative estimate of drug-likeness (QED) is 0.654. The molecule has 0 fully saturated rings. The maximum atomic E-state index is 12.7. The van der Waals surface area contributed by atoms with E-state index in [4.69, 9.17) is 0 Å². The maximum Gasteiger partial charge on any atom is 0.240 e. The van der Waals surface area contributed by atoms with Crippen LogP contribution in [-0.2, 0) is 16.4 Å². The number of rotatable bonds is 8. The van der Waals surface area contributed by atoms with E-state index in [9.17, 15) is 8.42 Å². The standard InChI is InChI=1S/C20H24BrNO2S/c1-16-8-12-20(13-9-16)25(23,24)22-19(14-17(2)15-21)11-10-18-6-4-3-5-7-18/h3-9,12-13,15,19,22H,10-11,14H2,1-2H3/b17-15-. The van der Waals surface area contributed by atoms with Crippen molar-refractivity contribution in [3.63, 3.8) is 0 Å². The fourth-order valence-electron chi connectivity index (χ4n) is 2.63. The molecule has 0 heterocycles. The van der Waals surface area contributed by atoms with Gasteiger partial charge >= 0.3 is 0 Å². The molecule has 0 amide bonds. The molecule has 0 aliphatic heterocycles. The third-order valence-corrected chi connectivity index (χ3v) is 6.35. The number of aryl methyl sites for hydroxylation is 2. The third-order valence-electron chi connectivity index (χ3n) is 4.03. The molecule has 2 aromatic rings. The lowest BCUT2D eigenvalue weighted by Gasteiger charge is -2.19. The van der Waals surface area contributed by atoms with Crippen LogP contribution in [0.25, 0.3) is 0 Å². The van der Waals surface area contributed by atoms with Crippen LogP contribution in [0.2, 0.25) is 0 Å². The van der Waals surface area contributed by atoms with Crippen molar-refractivity contribution in [2.45, 2.75) is 44.0 Å². The van der Waals surface area contributed by atoms with Gasteiger partial charge in [-0.15, -0.1) is 0 Å². The summed E-state index contributed by atoms with van der Waals surface area (Å²) in [6, 6.07) is 16.9. The first-order chi connectivity index (χ1) is 11.9. The van der Waals surface area contributed by atoms with Crippen LogP contribution < -0.4 is 4.72 Å². The van der Waals surface area contributed by atoms with Gasteiger partial charge in [-0.25, -0.2) is 13.1 Å². The fraction of sp³-hybridized carbons (Fsp3) is 0.300. The Morgan fingerprint density at radius 2 is 1.76 bits per heavy atom. The molecule has 0 spiro atoms. The summed E-state index contributed by atoms with van der Waals surface area (Å²) in [5.74, 6) is 0. The molecule has 0 saturated heterocycles. The topological polar surface area (TPSA) is 46.2 Å². The smallest absolute Gasteiger partial charge is 0.208 e. The van der Waals surface area contributed by atoms with Gasteiger partial charge in [-0.2, -0.15) is 0 Å². The Bertz CT molecular complexity index is 799. The van der Waals surface area contributed by atoms with E-state index in [1.54, 1.807) is 12.1 Å². The lowest BCUT2D eigenvalue weighted by atomic mass is 10.0. The van der Waals surface area contributed by atoms with Crippen LogP contribution >= 0.6 is 15.9 Å². The maximum absolute atomic E-state index is 12.7. The molecule has 5 heteroatoms. The summed E-state index contributed by atoms with van der Waals surface area (Å²) in [4.78, 5) is 2.16. The Morgan fingerprint density at radius 3 is 2.36 bits per heavy atom. The predicted octanol–water partition coefficient (Wildman–Crippen LogP) is 4.96. The van der Waals surface area contributed by atoms with Gasteiger partial charge in [0.2, 0.25) is 10.0 Å². The van der Waals surface area contributed by atoms with Crippen LogP contribution in [0.4, 0.5) is 0 Å². The highest BCUT2D eigenvalue weighted by Crippen LogP contribution is 2.17. The molecule has 1 unspecified atom stereocenters. The molecule has 2 rings (SSSR count). The second-order valence-corrected chi connectivity index (χ2v) is 8.49. The highest BCUT2D eigenvalue weighted by atomic mass is 79.9. The summed E-state index contributed by atoms with van der Waals surface area (Å²) in [5, 5.41) is 0. The Balaban J connectivity index is 2.12. The van der Waals surface area contributed by atoms with Crippen molar-refractivity contribution in [2.24, 2.45) is 0 Å². The van der Waals surface area contributed by atoms with Crippen molar-refractivity contribution in [3.05, 3.63) is 76.3 Å². The van der Waals surface area contributed by atoms with E-state index < -0.39 is 10.0 Å². The van der Waals surface area contributed by atoms with Gasteiger partial charge in [0.05, 0.1) is 4.90 Å². The lowest BCUT2D eigenvalue weighted by molar-refractivity contribution is 0.523. The summed E-state index contributed by atoms with van der Waals surface area (Å²) < 4.78 is 28.3. The summed E-state index contributed by atoms with van der Waals surface area (Å²) in [6.45, 7) is 3.93. The number of halogens is 1. The first-order valence-electron chi connectivity index (χ1n) is 8.29. The molecule has 134 valence electrons. The zero-order valence-electron chi connectivity index (χ0n) is 14.6. The molecule has 3 nitrogen and oxygen atoms in total. The molecular weight excluding hydrogens is 398 g/mol. The van der Waals surface area contributed by atoms with Crippen molar-refractivity contribution >= 4 is 26.0 Å². The predicted molar refractivity (Wildman–Crippen MR) is 107 cm³/mol. The number of hydrogen-bond acceptors (Lipinski definition) is 2. The van der Waals surface area contributed by atoms with Crippen LogP contribution in [0.15, 0.2) is 70.1 Å². The normalized spacial score (nSPS) is 13.6. The monoisotopic (exact) mass is 421 g/mol. The number of nitrogens with one attached hydrogen (secondary N) is 1. The van der Waals surface area contributed by atoms with Gasteiger partial charge in [0.1, 0.15) is 0 Å². The molecule has 0 saturated carbocycles. The second kappa shape index (κ2) is 9.32. The van der Waals surface area contributed by atoms with E-state index in [1.807, 2.05) is 49.2 Å². The van der Waals surface area contributed by atoms with Crippen LogP contribution in [0.3, 0.4) is 0 Å². The van der Waals surface area contributed by atoms with Crippen molar-refractivity contribution in [1.82, 2.24) is 4.72 Å². The van der Waals surface area contributed by atoms with Crippen molar-refractivity contribution in [3.8, 4) is 0 Å². The van der Waals surface area contributed by atoms with Crippen molar-refractivity contribution < 1.29 is 8.42 Å². The molecule has 1 N–H and O–H groups in total. The van der Waals surface area contributed by atoms with E-state index in [0.717, 1.165) is 24.0 Å². The molecule has 0 aliphatic rings. The van der Waals surface area contributed by atoms with E-state index in [2.05, 4.69) is 32.8 Å². The van der Waals surface area contributed by atoms with Gasteiger partial charge in [0, 0.05) is 6.04 Å². The minimum Gasteiger partial charge on any atom is -0.208 e. The zero-order valence-corrected chi connectivity index (χ0v) is 17.0. The van der Waals surface area contributed by atoms with Crippen LogP contribution in [-0.4, -0.2) is 14.5 Å². The first kappa shape index (κ1) is 19.9. The Hall–Kier alpha value is -1.43. The average Bonchev–Trinajstić information content (AvgIpc) is 2.60. The van der Waals surface area contributed by atoms with E-state index in [0.29, 0.717) is 11.3 Å². The number of benzene rings is 2. The molecule has 25 heavy (non-hydrogen) atoms. The second-order valence-electron chi connectivity index (χ2n) is 6.32. The Morgan fingerprint density at radius 1 is 1.12 bits per heavy atom. The van der Waals surface area contributed by atoms with Crippen molar-refractivity contribution in [1.29, 1.82) is 0 Å². The summed E-state index contributed by atoms with van der Waals surface area (Å²) in [7, 11) is -3.53. The number of sulfonamides is 1. The van der Waals surface area contributed by atoms with Crippen LogP contribution in [0, 0.1) is 6.92 Å². The highest BCUT2D eigenvalue weighted by molar-refractivity contribution is 9.11. The van der Waals surface area contributed by atoms with Gasteiger partial charge in [-0.05, 0) is 55.8 Å². The van der Waals surface area contributed by atoms with Gasteiger partial charge in [0.15, 0.2) is 0 Å². The fourth-order valence-corrected chi connectivity index (χ4v) is 4.08. The molecule has 0 bridgehead atoms.